The average molecular weight is 233 g/mol. The number of Topliss-reactive ketones (excluding diaryl/α,β-unsaturated/α-hetero) is 1. The van der Waals surface area contributed by atoms with Crippen molar-refractivity contribution in [1.29, 1.82) is 0 Å². The maximum absolute atomic E-state index is 11.1. The fraction of sp³-hybridized carbons (Fsp3) is 0.200. The summed E-state index contributed by atoms with van der Waals surface area (Å²) in [6, 6.07) is 3.47. The van der Waals surface area contributed by atoms with Gasteiger partial charge >= 0.3 is 0 Å². The molecule has 0 spiro atoms. The molecule has 0 unspecified atom stereocenters. The minimum absolute atomic E-state index is 0.0499. The molecule has 2 heterocycles. The van der Waals surface area contributed by atoms with Crippen LogP contribution in [-0.2, 0) is 11.3 Å². The number of oxime groups is 1. The monoisotopic (exact) mass is 233 g/mol. The molecule has 7 nitrogen and oxygen atoms in total. The van der Waals surface area contributed by atoms with Crippen molar-refractivity contribution in [2.75, 3.05) is 0 Å². The van der Waals surface area contributed by atoms with Gasteiger partial charge in [0.2, 0.25) is 0 Å². The van der Waals surface area contributed by atoms with Crippen LogP contribution in [0.15, 0.2) is 23.5 Å². The summed E-state index contributed by atoms with van der Waals surface area (Å²) >= 11 is 0. The quantitative estimate of drug-likeness (QED) is 0.339. The normalized spacial score (nSPS) is 11.9. The molecule has 2 rings (SSSR count). The van der Waals surface area contributed by atoms with E-state index in [2.05, 4.69) is 15.2 Å². The van der Waals surface area contributed by atoms with Crippen molar-refractivity contribution in [3.8, 4) is 0 Å². The lowest BCUT2D eigenvalue weighted by atomic mass is 10.2. The predicted octanol–water partition coefficient (Wildman–Crippen LogP) is 0.115. The fourth-order valence-electron chi connectivity index (χ4n) is 1.57. The van der Waals surface area contributed by atoms with Crippen LogP contribution >= 0.6 is 0 Å². The van der Waals surface area contributed by atoms with Gasteiger partial charge < -0.3 is 10.9 Å². The number of fused-ring (bicyclic) bond motifs is 1. The second-order valence-corrected chi connectivity index (χ2v) is 3.57. The van der Waals surface area contributed by atoms with Crippen molar-refractivity contribution >= 4 is 22.7 Å². The molecule has 2 aromatic rings. The Bertz CT molecular complexity index is 602. The van der Waals surface area contributed by atoms with E-state index in [1.54, 1.807) is 18.3 Å². The van der Waals surface area contributed by atoms with Crippen LogP contribution in [0.4, 0.5) is 0 Å². The van der Waals surface area contributed by atoms with Crippen molar-refractivity contribution in [3.05, 3.63) is 24.0 Å². The fourth-order valence-corrected chi connectivity index (χ4v) is 1.57. The van der Waals surface area contributed by atoms with E-state index < -0.39 is 0 Å². The molecule has 0 saturated carbocycles. The van der Waals surface area contributed by atoms with E-state index in [0.29, 0.717) is 16.7 Å². The number of hydrogen-bond donors (Lipinski definition) is 2. The van der Waals surface area contributed by atoms with Crippen molar-refractivity contribution in [2.45, 2.75) is 13.5 Å². The smallest absolute Gasteiger partial charge is 0.191 e. The largest absolute Gasteiger partial charge is 0.409 e. The van der Waals surface area contributed by atoms with E-state index in [4.69, 9.17) is 10.9 Å². The van der Waals surface area contributed by atoms with Gasteiger partial charge in [0.05, 0.1) is 5.39 Å². The van der Waals surface area contributed by atoms with Crippen LogP contribution in [0.2, 0.25) is 0 Å². The first kappa shape index (κ1) is 11.1. The highest BCUT2D eigenvalue weighted by atomic mass is 16.4. The molecule has 0 aromatic carbocycles. The molecule has 17 heavy (non-hydrogen) atoms. The maximum Gasteiger partial charge on any atom is 0.191 e. The molecule has 2 aromatic heterocycles. The molecule has 88 valence electrons. The van der Waals surface area contributed by atoms with Gasteiger partial charge in [0.1, 0.15) is 12.2 Å². The Morgan fingerprint density at radius 3 is 3.06 bits per heavy atom. The van der Waals surface area contributed by atoms with Gasteiger partial charge in [0.25, 0.3) is 0 Å². The number of hydrogen-bond acceptors (Lipinski definition) is 5. The van der Waals surface area contributed by atoms with Crippen LogP contribution in [-0.4, -0.2) is 31.6 Å². The second kappa shape index (κ2) is 4.20. The van der Waals surface area contributed by atoms with E-state index in [0.717, 1.165) is 0 Å². The molecule has 7 heteroatoms. The highest BCUT2D eigenvalue weighted by Gasteiger charge is 2.15. The average Bonchev–Trinajstić information content (AvgIpc) is 2.67. The molecule has 0 radical (unpaired) electrons. The summed E-state index contributed by atoms with van der Waals surface area (Å²) < 4.78 is 1.44. The number of nitrogens with two attached hydrogens (primary N) is 1. The highest BCUT2D eigenvalue weighted by molar-refractivity contribution is 6.06. The Morgan fingerprint density at radius 2 is 2.41 bits per heavy atom. The Labute approximate surface area is 96.5 Å². The zero-order valence-corrected chi connectivity index (χ0v) is 9.16. The van der Waals surface area contributed by atoms with Gasteiger partial charge in [0.15, 0.2) is 17.3 Å². The van der Waals surface area contributed by atoms with Crippen molar-refractivity contribution in [3.63, 3.8) is 0 Å². The summed E-state index contributed by atoms with van der Waals surface area (Å²) in [7, 11) is 0. The number of pyridine rings is 1. The van der Waals surface area contributed by atoms with Gasteiger partial charge in [-0.05, 0) is 19.1 Å². The van der Waals surface area contributed by atoms with Crippen LogP contribution in [0, 0.1) is 0 Å². The van der Waals surface area contributed by atoms with E-state index in [1.807, 2.05) is 0 Å². The van der Waals surface area contributed by atoms with Crippen molar-refractivity contribution in [1.82, 2.24) is 14.8 Å². The Kier molecular flexibility index (Phi) is 2.73. The molecular weight excluding hydrogens is 222 g/mol. The van der Waals surface area contributed by atoms with Gasteiger partial charge in [-0.25, -0.2) is 9.67 Å². The summed E-state index contributed by atoms with van der Waals surface area (Å²) in [5.41, 5.74) is 6.36. The van der Waals surface area contributed by atoms with Crippen LogP contribution in [0.25, 0.3) is 11.0 Å². The molecule has 0 amide bonds. The van der Waals surface area contributed by atoms with Crippen molar-refractivity contribution < 1.29 is 10.0 Å². The Morgan fingerprint density at radius 1 is 1.65 bits per heavy atom. The molecule has 0 aliphatic heterocycles. The molecule has 0 bridgehead atoms. The van der Waals surface area contributed by atoms with Gasteiger partial charge in [0, 0.05) is 6.20 Å². The maximum atomic E-state index is 11.1. The van der Waals surface area contributed by atoms with Crippen LogP contribution in [0.3, 0.4) is 0 Å². The minimum atomic E-state index is -0.106. The number of carbonyl (C=O) groups excluding carboxylic acids is 1. The number of amidine groups is 1. The molecule has 0 atom stereocenters. The van der Waals surface area contributed by atoms with Gasteiger partial charge in [-0.3, -0.25) is 4.79 Å². The summed E-state index contributed by atoms with van der Waals surface area (Å²) in [5.74, 6) is -0.156. The summed E-state index contributed by atoms with van der Waals surface area (Å²) in [6.45, 7) is 1.56. The lowest BCUT2D eigenvalue weighted by Gasteiger charge is -1.97. The van der Waals surface area contributed by atoms with E-state index in [-0.39, 0.29) is 18.2 Å². The first-order chi connectivity index (χ1) is 8.13. The third-order valence-corrected chi connectivity index (χ3v) is 2.23. The third-order valence-electron chi connectivity index (χ3n) is 2.23. The number of ketones is 1. The molecule has 3 N–H and O–H groups in total. The summed E-state index contributed by atoms with van der Waals surface area (Å²) in [6.07, 6.45) is 1.59. The first-order valence-corrected chi connectivity index (χ1v) is 4.92. The van der Waals surface area contributed by atoms with Gasteiger partial charge in [-0.1, -0.05) is 5.16 Å². The molecule has 0 aliphatic carbocycles. The zero-order chi connectivity index (χ0) is 12.4. The van der Waals surface area contributed by atoms with E-state index >= 15 is 0 Å². The molecular formula is C10H11N5O2. The molecule has 0 aliphatic rings. The minimum Gasteiger partial charge on any atom is -0.409 e. The number of carbonyl (C=O) groups is 1. The highest BCUT2D eigenvalue weighted by Crippen LogP contribution is 2.15. The van der Waals surface area contributed by atoms with Gasteiger partial charge in [-0.15, -0.1) is 0 Å². The SMILES string of the molecule is CC(=O)Cn1nc(/C(N)=N/O)c2cccnc21. The summed E-state index contributed by atoms with van der Waals surface area (Å²) in [4.78, 5) is 15.2. The number of rotatable bonds is 3. The Hall–Kier alpha value is -2.44. The lowest BCUT2D eigenvalue weighted by Crippen LogP contribution is -2.15. The zero-order valence-electron chi connectivity index (χ0n) is 9.16. The molecule has 0 fully saturated rings. The number of nitrogens with zero attached hydrogens (tertiary/aromatic N) is 4. The van der Waals surface area contributed by atoms with Crippen LogP contribution in [0.5, 0.6) is 0 Å². The predicted molar refractivity (Wildman–Crippen MR) is 60.7 cm³/mol. The van der Waals surface area contributed by atoms with Gasteiger partial charge in [-0.2, -0.15) is 5.10 Å². The second-order valence-electron chi connectivity index (χ2n) is 3.57. The Balaban J connectivity index is 2.66. The standard InChI is InChI=1S/C10H11N5O2/c1-6(16)5-15-10-7(3-2-4-12-10)8(13-15)9(11)14-17/h2-4,17H,5H2,1H3,(H2,11,14). The molecule has 0 saturated heterocycles. The van der Waals surface area contributed by atoms with E-state index in [1.165, 1.54) is 11.6 Å². The van der Waals surface area contributed by atoms with Crippen LogP contribution in [0.1, 0.15) is 12.6 Å². The number of aromatic nitrogens is 3. The summed E-state index contributed by atoms with van der Waals surface area (Å²) in [5, 5.41) is 16.3. The van der Waals surface area contributed by atoms with E-state index in [9.17, 15) is 4.79 Å². The lowest BCUT2D eigenvalue weighted by molar-refractivity contribution is -0.117. The topological polar surface area (TPSA) is 106 Å². The first-order valence-electron chi connectivity index (χ1n) is 4.92. The van der Waals surface area contributed by atoms with Crippen LogP contribution < -0.4 is 5.73 Å². The van der Waals surface area contributed by atoms with Crippen molar-refractivity contribution in [2.24, 2.45) is 10.9 Å². The third kappa shape index (κ3) is 1.94.